The lowest BCUT2D eigenvalue weighted by atomic mass is 9.99. The van der Waals surface area contributed by atoms with E-state index in [0.717, 1.165) is 5.56 Å². The van der Waals surface area contributed by atoms with Crippen LogP contribution in [-0.4, -0.2) is 25.4 Å². The van der Waals surface area contributed by atoms with Crippen molar-refractivity contribution in [1.29, 1.82) is 0 Å². The van der Waals surface area contributed by atoms with Crippen molar-refractivity contribution in [3.8, 4) is 11.5 Å². The average Bonchev–Trinajstić information content (AvgIpc) is 3.18. The van der Waals surface area contributed by atoms with Gasteiger partial charge >= 0.3 is 5.97 Å². The number of esters is 1. The minimum absolute atomic E-state index is 0.124. The van der Waals surface area contributed by atoms with Crippen molar-refractivity contribution in [2.75, 3.05) is 13.7 Å². The molecule has 6 heteroatoms. The molecule has 0 spiro atoms. The van der Waals surface area contributed by atoms with Crippen molar-refractivity contribution in [1.82, 2.24) is 0 Å². The summed E-state index contributed by atoms with van der Waals surface area (Å²) in [6, 6.07) is 11.6. The fourth-order valence-electron chi connectivity index (χ4n) is 3.20. The van der Waals surface area contributed by atoms with Crippen LogP contribution in [0.25, 0.3) is 5.57 Å². The number of carbonyl (C=O) groups excluding carboxylic acids is 1. The highest BCUT2D eigenvalue weighted by Crippen LogP contribution is 2.48. The van der Waals surface area contributed by atoms with Gasteiger partial charge in [-0.05, 0) is 30.7 Å². The number of hydrogen-bond donors (Lipinski definition) is 0. The molecule has 5 nitrogen and oxygen atoms in total. The Morgan fingerprint density at radius 1 is 1.27 bits per heavy atom. The van der Waals surface area contributed by atoms with Crippen LogP contribution in [0.15, 0.2) is 53.2 Å². The van der Waals surface area contributed by atoms with E-state index in [0.29, 0.717) is 22.6 Å². The summed E-state index contributed by atoms with van der Waals surface area (Å²) in [5, 5.41) is 0. The van der Waals surface area contributed by atoms with Gasteiger partial charge in [-0.1, -0.05) is 24.3 Å². The Kier molecular flexibility index (Phi) is 3.95. The molecule has 2 aromatic carbocycles. The van der Waals surface area contributed by atoms with Gasteiger partial charge in [-0.2, -0.15) is 0 Å². The molecule has 4 rings (SSSR count). The predicted octanol–water partition coefficient (Wildman–Crippen LogP) is 3.70. The molecular weight excluding hydrogens is 337 g/mol. The number of benzene rings is 2. The number of ether oxygens (including phenoxy) is 3. The number of rotatable bonds is 4. The minimum Gasteiger partial charge on any atom is -0.494 e. The molecule has 0 saturated heterocycles. The lowest BCUT2D eigenvalue weighted by Gasteiger charge is -2.10. The van der Waals surface area contributed by atoms with Crippen LogP contribution in [0.2, 0.25) is 0 Å². The van der Waals surface area contributed by atoms with Gasteiger partial charge in [0.1, 0.15) is 17.6 Å². The van der Waals surface area contributed by atoms with Crippen molar-refractivity contribution in [3.05, 3.63) is 65.2 Å². The van der Waals surface area contributed by atoms with Crippen molar-refractivity contribution < 1.29 is 23.4 Å². The number of hydrogen-bond acceptors (Lipinski definition) is 5. The van der Waals surface area contributed by atoms with Crippen molar-refractivity contribution in [2.45, 2.75) is 13.0 Å². The molecule has 1 atom stereocenters. The van der Waals surface area contributed by atoms with Gasteiger partial charge in [-0.3, -0.25) is 4.99 Å². The second kappa shape index (κ2) is 6.29. The smallest absolute Gasteiger partial charge is 0.357 e. The second-order valence-corrected chi connectivity index (χ2v) is 5.83. The van der Waals surface area contributed by atoms with Gasteiger partial charge in [0, 0.05) is 5.56 Å². The van der Waals surface area contributed by atoms with Gasteiger partial charge in [0.2, 0.25) is 0 Å². The Morgan fingerprint density at radius 2 is 2.08 bits per heavy atom. The van der Waals surface area contributed by atoms with Crippen LogP contribution >= 0.6 is 0 Å². The van der Waals surface area contributed by atoms with Crippen LogP contribution in [0, 0.1) is 5.82 Å². The topological polar surface area (TPSA) is 57.1 Å². The molecule has 132 valence electrons. The first-order valence-electron chi connectivity index (χ1n) is 8.24. The zero-order chi connectivity index (χ0) is 18.3. The van der Waals surface area contributed by atoms with E-state index in [1.54, 1.807) is 13.0 Å². The summed E-state index contributed by atoms with van der Waals surface area (Å²) >= 11 is 0. The molecule has 0 amide bonds. The van der Waals surface area contributed by atoms with Gasteiger partial charge in [-0.15, -0.1) is 0 Å². The molecule has 1 unspecified atom stereocenters. The van der Waals surface area contributed by atoms with Crippen LogP contribution in [-0.2, 0) is 9.53 Å². The highest BCUT2D eigenvalue weighted by atomic mass is 19.1. The standard InChI is InChI=1S/C20H16FNO4/c1-3-25-20(23)18-16(11-8-9-15(24-2)13(21)10-11)19-17(22-18)12-6-4-5-7-14(12)26-19/h4-10,17H,3H2,1-2H3. The van der Waals surface area contributed by atoms with Gasteiger partial charge in [0.25, 0.3) is 0 Å². The van der Waals surface area contributed by atoms with Gasteiger partial charge in [0.15, 0.2) is 17.3 Å². The van der Waals surface area contributed by atoms with Crippen LogP contribution < -0.4 is 9.47 Å². The average molecular weight is 353 g/mol. The van der Waals surface area contributed by atoms with E-state index in [9.17, 15) is 9.18 Å². The highest BCUT2D eigenvalue weighted by molar-refractivity contribution is 6.55. The number of carbonyl (C=O) groups is 1. The molecule has 0 aliphatic carbocycles. The largest absolute Gasteiger partial charge is 0.494 e. The fourth-order valence-corrected chi connectivity index (χ4v) is 3.20. The fraction of sp³-hybridized carbons (Fsp3) is 0.200. The molecule has 0 radical (unpaired) electrons. The summed E-state index contributed by atoms with van der Waals surface area (Å²) in [4.78, 5) is 16.9. The number of fused-ring (bicyclic) bond motifs is 3. The first-order valence-corrected chi connectivity index (χ1v) is 8.24. The molecule has 0 saturated carbocycles. The molecule has 2 aromatic rings. The summed E-state index contributed by atoms with van der Waals surface area (Å²) in [6.07, 6.45) is 0. The van der Waals surface area contributed by atoms with Crippen LogP contribution in [0.1, 0.15) is 24.1 Å². The Balaban J connectivity index is 1.86. The summed E-state index contributed by atoms with van der Waals surface area (Å²) in [7, 11) is 1.40. The normalized spacial score (nSPS) is 17.3. The Bertz CT molecular complexity index is 964. The van der Waals surface area contributed by atoms with Gasteiger partial charge in [-0.25, -0.2) is 9.18 Å². The van der Waals surface area contributed by atoms with E-state index < -0.39 is 17.8 Å². The third kappa shape index (κ3) is 2.45. The maximum atomic E-state index is 14.2. The maximum absolute atomic E-state index is 14.2. The first-order chi connectivity index (χ1) is 12.6. The van der Waals surface area contributed by atoms with Crippen molar-refractivity contribution >= 4 is 17.3 Å². The quantitative estimate of drug-likeness (QED) is 0.787. The van der Waals surface area contributed by atoms with E-state index in [1.807, 2.05) is 24.3 Å². The number of nitrogens with zero attached hydrogens (tertiary/aromatic N) is 1. The lowest BCUT2D eigenvalue weighted by Crippen LogP contribution is -2.18. The highest BCUT2D eigenvalue weighted by Gasteiger charge is 2.41. The summed E-state index contributed by atoms with van der Waals surface area (Å²) in [5.41, 5.74) is 1.95. The summed E-state index contributed by atoms with van der Waals surface area (Å²) in [6.45, 7) is 1.94. The molecule has 2 aliphatic rings. The Hall–Kier alpha value is -3.15. The minimum atomic E-state index is -0.554. The van der Waals surface area contributed by atoms with E-state index >= 15 is 0 Å². The molecule has 0 fully saturated rings. The zero-order valence-electron chi connectivity index (χ0n) is 14.3. The molecular formula is C20H16FNO4. The zero-order valence-corrected chi connectivity index (χ0v) is 14.3. The van der Waals surface area contributed by atoms with E-state index in [-0.39, 0.29) is 18.1 Å². The number of halogens is 1. The van der Waals surface area contributed by atoms with E-state index in [2.05, 4.69) is 4.99 Å². The van der Waals surface area contributed by atoms with Crippen LogP contribution in [0.5, 0.6) is 11.5 Å². The monoisotopic (exact) mass is 353 g/mol. The molecule has 26 heavy (non-hydrogen) atoms. The van der Waals surface area contributed by atoms with Crippen molar-refractivity contribution in [2.24, 2.45) is 4.99 Å². The van der Waals surface area contributed by atoms with Crippen LogP contribution in [0.4, 0.5) is 4.39 Å². The molecule has 2 heterocycles. The number of methoxy groups -OCH3 is 1. The molecule has 0 bridgehead atoms. The van der Waals surface area contributed by atoms with Gasteiger partial charge in [0.05, 0.1) is 19.3 Å². The third-order valence-electron chi connectivity index (χ3n) is 4.33. The van der Waals surface area contributed by atoms with Crippen LogP contribution in [0.3, 0.4) is 0 Å². The molecule has 0 N–H and O–H groups in total. The third-order valence-corrected chi connectivity index (χ3v) is 4.33. The predicted molar refractivity (Wildman–Crippen MR) is 93.8 cm³/mol. The molecule has 2 aliphatic heterocycles. The summed E-state index contributed by atoms with van der Waals surface area (Å²) < 4.78 is 30.3. The molecule has 0 aromatic heterocycles. The number of para-hydroxylation sites is 1. The van der Waals surface area contributed by atoms with Crippen molar-refractivity contribution in [3.63, 3.8) is 0 Å². The second-order valence-electron chi connectivity index (χ2n) is 5.83. The SMILES string of the molecule is CCOC(=O)C1=NC2C(=C1c1ccc(OC)c(F)c1)Oc1ccccc12. The Morgan fingerprint density at radius 3 is 2.81 bits per heavy atom. The number of aliphatic imine (C=N–C) groups is 1. The van der Waals surface area contributed by atoms with E-state index in [4.69, 9.17) is 14.2 Å². The van der Waals surface area contributed by atoms with Gasteiger partial charge < -0.3 is 14.2 Å². The maximum Gasteiger partial charge on any atom is 0.357 e. The first kappa shape index (κ1) is 16.3. The lowest BCUT2D eigenvalue weighted by molar-refractivity contribution is -0.134. The van der Waals surface area contributed by atoms with E-state index in [1.165, 1.54) is 19.2 Å². The Labute approximate surface area is 149 Å². The summed E-state index contributed by atoms with van der Waals surface area (Å²) in [5.74, 6) is 0.241.